The van der Waals surface area contributed by atoms with Gasteiger partial charge in [0.05, 0.1) is 19.2 Å². The number of aromatic amines is 1. The Morgan fingerprint density at radius 1 is 1.11 bits per heavy atom. The van der Waals surface area contributed by atoms with Gasteiger partial charge in [0.1, 0.15) is 0 Å². The highest BCUT2D eigenvalue weighted by molar-refractivity contribution is 5.80. The highest BCUT2D eigenvalue weighted by Crippen LogP contribution is 2.34. The molecule has 5 rings (SSSR count). The van der Waals surface area contributed by atoms with E-state index in [2.05, 4.69) is 45.3 Å². The molecule has 1 unspecified atom stereocenters. The summed E-state index contributed by atoms with van der Waals surface area (Å²) in [7, 11) is 1.66. The molecule has 3 heterocycles. The summed E-state index contributed by atoms with van der Waals surface area (Å²) in [4.78, 5) is 18.5. The molecule has 0 aliphatic carbocycles. The topological polar surface area (TPSA) is 107 Å². The van der Waals surface area contributed by atoms with Crippen LogP contribution in [0, 0.1) is 13.8 Å². The fourth-order valence-electron chi connectivity index (χ4n) is 4.80. The van der Waals surface area contributed by atoms with Crippen LogP contribution in [0.3, 0.4) is 0 Å². The Morgan fingerprint density at radius 3 is 2.73 bits per heavy atom. The third-order valence-electron chi connectivity index (χ3n) is 6.92. The summed E-state index contributed by atoms with van der Waals surface area (Å²) in [5.41, 5.74) is 4.81. The van der Waals surface area contributed by atoms with Gasteiger partial charge in [0.25, 0.3) is 5.56 Å². The van der Waals surface area contributed by atoms with E-state index in [0.717, 1.165) is 45.8 Å². The average Bonchev–Trinajstić information content (AvgIpc) is 3.54. The maximum absolute atomic E-state index is 13.2. The van der Waals surface area contributed by atoms with E-state index in [1.807, 2.05) is 37.3 Å². The third-order valence-corrected chi connectivity index (χ3v) is 6.92. The van der Waals surface area contributed by atoms with E-state index < -0.39 is 0 Å². The second-order valence-electron chi connectivity index (χ2n) is 9.42. The van der Waals surface area contributed by atoms with Gasteiger partial charge in [-0.1, -0.05) is 13.0 Å². The summed E-state index contributed by atoms with van der Waals surface area (Å²) < 4.78 is 18.1. The minimum absolute atomic E-state index is 0.0970. The second-order valence-corrected chi connectivity index (χ2v) is 9.42. The van der Waals surface area contributed by atoms with Crippen molar-refractivity contribution in [2.24, 2.45) is 0 Å². The largest absolute Gasteiger partial charge is 0.454 e. The Morgan fingerprint density at radius 2 is 1.92 bits per heavy atom. The first-order chi connectivity index (χ1) is 18.0. The molecule has 1 N–H and O–H groups in total. The van der Waals surface area contributed by atoms with Crippen molar-refractivity contribution in [1.82, 2.24) is 30.1 Å². The fraction of sp³-hybridized carbons (Fsp3) is 0.407. The number of aromatic nitrogens is 5. The van der Waals surface area contributed by atoms with Gasteiger partial charge in [-0.05, 0) is 83.1 Å². The van der Waals surface area contributed by atoms with Crippen LogP contribution in [0.15, 0.2) is 41.2 Å². The number of tetrazole rings is 1. The normalized spacial score (nSPS) is 13.5. The Kier molecular flexibility index (Phi) is 7.20. The molecule has 0 fully saturated rings. The van der Waals surface area contributed by atoms with Crippen LogP contribution in [0.2, 0.25) is 0 Å². The summed E-state index contributed by atoms with van der Waals surface area (Å²) in [5, 5.41) is 13.5. The quantitative estimate of drug-likeness (QED) is 0.349. The number of ether oxygens (including phenoxy) is 3. The minimum Gasteiger partial charge on any atom is -0.454 e. The molecule has 37 heavy (non-hydrogen) atoms. The molecule has 0 saturated heterocycles. The summed E-state index contributed by atoms with van der Waals surface area (Å²) in [6.45, 7) is 8.48. The SMILES string of the molecule is CCC(c1nnnn1CCOC)N(Cc1ccc2c(c1)OCO2)Cc1cc2cc(C)c(C)cc2[nH]c1=O. The Labute approximate surface area is 215 Å². The summed E-state index contributed by atoms with van der Waals surface area (Å²) in [6.07, 6.45) is 0.752. The molecule has 4 aromatic rings. The van der Waals surface area contributed by atoms with Crippen molar-refractivity contribution in [3.8, 4) is 11.5 Å². The highest BCUT2D eigenvalue weighted by atomic mass is 16.7. The first-order valence-corrected chi connectivity index (χ1v) is 12.5. The van der Waals surface area contributed by atoms with E-state index in [4.69, 9.17) is 14.2 Å². The lowest BCUT2D eigenvalue weighted by Gasteiger charge is -2.30. The monoisotopic (exact) mass is 504 g/mol. The number of rotatable bonds is 10. The third kappa shape index (κ3) is 5.21. The molecule has 2 aromatic heterocycles. The van der Waals surface area contributed by atoms with Gasteiger partial charge in [-0.25, -0.2) is 4.68 Å². The number of aryl methyl sites for hydroxylation is 2. The van der Waals surface area contributed by atoms with Crippen LogP contribution in [0.1, 0.15) is 47.5 Å². The molecule has 1 aliphatic rings. The minimum atomic E-state index is -0.132. The van der Waals surface area contributed by atoms with Crippen LogP contribution in [0.5, 0.6) is 11.5 Å². The molecule has 1 atom stereocenters. The lowest BCUT2D eigenvalue weighted by Crippen LogP contribution is -2.32. The molecular weight excluding hydrogens is 472 g/mol. The molecule has 0 spiro atoms. The molecule has 10 nitrogen and oxygen atoms in total. The zero-order valence-corrected chi connectivity index (χ0v) is 21.7. The molecule has 0 radical (unpaired) electrons. The van der Waals surface area contributed by atoms with Crippen molar-refractivity contribution in [3.63, 3.8) is 0 Å². The number of nitrogens with one attached hydrogen (secondary N) is 1. The molecule has 0 saturated carbocycles. The van der Waals surface area contributed by atoms with E-state index in [9.17, 15) is 4.79 Å². The molecule has 194 valence electrons. The molecule has 1 aliphatic heterocycles. The number of hydrogen-bond donors (Lipinski definition) is 1. The van der Waals surface area contributed by atoms with Crippen molar-refractivity contribution in [2.75, 3.05) is 20.5 Å². The highest BCUT2D eigenvalue weighted by Gasteiger charge is 2.27. The smallest absolute Gasteiger partial charge is 0.252 e. The van der Waals surface area contributed by atoms with Gasteiger partial charge in [0, 0.05) is 31.3 Å². The number of H-pyrrole nitrogens is 1. The van der Waals surface area contributed by atoms with Crippen molar-refractivity contribution in [3.05, 3.63) is 74.8 Å². The van der Waals surface area contributed by atoms with E-state index in [-0.39, 0.29) is 18.4 Å². The summed E-state index contributed by atoms with van der Waals surface area (Å²) >= 11 is 0. The van der Waals surface area contributed by atoms with Crippen molar-refractivity contribution in [2.45, 2.75) is 52.9 Å². The van der Waals surface area contributed by atoms with Crippen LogP contribution >= 0.6 is 0 Å². The van der Waals surface area contributed by atoms with Crippen LogP contribution in [-0.4, -0.2) is 50.6 Å². The van der Waals surface area contributed by atoms with E-state index in [1.54, 1.807) is 11.8 Å². The summed E-state index contributed by atoms with van der Waals surface area (Å²) in [5.74, 6) is 2.20. The van der Waals surface area contributed by atoms with E-state index in [1.165, 1.54) is 5.56 Å². The summed E-state index contributed by atoms with van der Waals surface area (Å²) in [6, 6.07) is 12.0. The lowest BCUT2D eigenvalue weighted by atomic mass is 10.0. The van der Waals surface area contributed by atoms with Gasteiger partial charge in [-0.2, -0.15) is 0 Å². The zero-order valence-electron chi connectivity index (χ0n) is 21.7. The number of fused-ring (bicyclic) bond motifs is 2. The molecule has 0 amide bonds. The molecule has 10 heteroatoms. The maximum Gasteiger partial charge on any atom is 0.252 e. The predicted octanol–water partition coefficient (Wildman–Crippen LogP) is 3.66. The Hall–Kier alpha value is -3.76. The lowest BCUT2D eigenvalue weighted by molar-refractivity contribution is 0.150. The number of nitrogens with zero attached hydrogens (tertiary/aromatic N) is 5. The molecule has 0 bridgehead atoms. The number of hydrogen-bond acceptors (Lipinski definition) is 8. The van der Waals surface area contributed by atoms with Crippen LogP contribution in [0.25, 0.3) is 10.9 Å². The van der Waals surface area contributed by atoms with Gasteiger partial charge in [-0.15, -0.1) is 5.10 Å². The van der Waals surface area contributed by atoms with Gasteiger partial charge >= 0.3 is 0 Å². The molecule has 2 aromatic carbocycles. The van der Waals surface area contributed by atoms with Crippen LogP contribution in [-0.2, 0) is 24.4 Å². The first-order valence-electron chi connectivity index (χ1n) is 12.5. The number of benzene rings is 2. The average molecular weight is 505 g/mol. The van der Waals surface area contributed by atoms with Crippen molar-refractivity contribution >= 4 is 10.9 Å². The number of methoxy groups -OCH3 is 1. The number of pyridine rings is 1. The second kappa shape index (κ2) is 10.7. The standard InChI is InChI=1S/C27H32N6O4/c1-5-23(26-29-30-31-33(26)8-9-35-4)32(14-19-6-7-24-25(12-19)37-16-36-24)15-21-13-20-10-17(2)18(3)11-22(20)28-27(21)34/h6-7,10-13,23H,5,8-9,14-16H2,1-4H3,(H,28,34). The van der Waals surface area contributed by atoms with Crippen molar-refractivity contribution < 1.29 is 14.2 Å². The van der Waals surface area contributed by atoms with Crippen molar-refractivity contribution in [1.29, 1.82) is 0 Å². The predicted molar refractivity (Wildman–Crippen MR) is 139 cm³/mol. The van der Waals surface area contributed by atoms with E-state index >= 15 is 0 Å². The maximum atomic E-state index is 13.2. The van der Waals surface area contributed by atoms with Gasteiger partial charge in [0.2, 0.25) is 6.79 Å². The van der Waals surface area contributed by atoms with Crippen LogP contribution in [0.4, 0.5) is 0 Å². The van der Waals surface area contributed by atoms with E-state index in [0.29, 0.717) is 31.8 Å². The van der Waals surface area contributed by atoms with Gasteiger partial charge in [-0.3, -0.25) is 9.69 Å². The first kappa shape index (κ1) is 24.9. The van der Waals surface area contributed by atoms with Gasteiger partial charge in [0.15, 0.2) is 17.3 Å². The van der Waals surface area contributed by atoms with Gasteiger partial charge < -0.3 is 19.2 Å². The van der Waals surface area contributed by atoms with Crippen LogP contribution < -0.4 is 15.0 Å². The Bertz CT molecular complexity index is 1460. The fourth-order valence-corrected chi connectivity index (χ4v) is 4.80. The molecular formula is C27H32N6O4. The zero-order chi connectivity index (χ0) is 25.9. The Balaban J connectivity index is 1.53.